The molecule has 23 heavy (non-hydrogen) atoms. The van der Waals surface area contributed by atoms with Crippen LogP contribution in [0, 0.1) is 11.8 Å². The van der Waals surface area contributed by atoms with Crippen molar-refractivity contribution in [2.45, 2.75) is 53.5 Å². The third-order valence-electron chi connectivity index (χ3n) is 3.27. The van der Waals surface area contributed by atoms with Crippen LogP contribution in [0.1, 0.15) is 47.1 Å². The van der Waals surface area contributed by atoms with Gasteiger partial charge in [0, 0.05) is 19.2 Å². The fraction of sp³-hybridized carbons (Fsp3) is 0.474. The molecule has 0 fully saturated rings. The standard InChI is InChI=1S/C17H22N2OS.C2H6/c1-6-11-17(3,4)19(5)16(21)18-15-10-8-7-9-14(15)12-13(2)20;1-2/h7-10H,12H2,1-5H3,(H,18,21);1-2H3. The smallest absolute Gasteiger partial charge is 0.174 e. The SMILES string of the molecule is CC.CC#CC(C)(C)N(C)C(=S)Nc1ccccc1CC(C)=O. The van der Waals surface area contributed by atoms with E-state index in [1.54, 1.807) is 6.92 Å². The lowest BCUT2D eigenvalue weighted by atomic mass is 10.1. The first-order valence-electron chi connectivity index (χ1n) is 7.84. The van der Waals surface area contributed by atoms with Crippen LogP contribution in [0.15, 0.2) is 24.3 Å². The Morgan fingerprint density at radius 3 is 2.39 bits per heavy atom. The number of carbonyl (C=O) groups is 1. The molecule has 0 bridgehead atoms. The van der Waals surface area contributed by atoms with E-state index in [2.05, 4.69) is 17.2 Å². The zero-order chi connectivity index (χ0) is 18.0. The maximum atomic E-state index is 11.3. The summed E-state index contributed by atoms with van der Waals surface area (Å²) in [5.74, 6) is 6.18. The molecule has 0 radical (unpaired) electrons. The summed E-state index contributed by atoms with van der Waals surface area (Å²) in [7, 11) is 1.91. The van der Waals surface area contributed by atoms with Crippen LogP contribution < -0.4 is 5.32 Å². The van der Waals surface area contributed by atoms with E-state index in [-0.39, 0.29) is 11.3 Å². The summed E-state index contributed by atoms with van der Waals surface area (Å²) in [5.41, 5.74) is 1.46. The minimum atomic E-state index is -0.353. The van der Waals surface area contributed by atoms with E-state index in [9.17, 15) is 4.79 Å². The van der Waals surface area contributed by atoms with Gasteiger partial charge in [-0.1, -0.05) is 38.0 Å². The van der Waals surface area contributed by atoms with E-state index < -0.39 is 0 Å². The van der Waals surface area contributed by atoms with Gasteiger partial charge in [-0.2, -0.15) is 0 Å². The first kappa shape index (κ1) is 21.1. The number of benzene rings is 1. The van der Waals surface area contributed by atoms with Gasteiger partial charge in [-0.15, -0.1) is 5.92 Å². The molecule has 0 saturated heterocycles. The van der Waals surface area contributed by atoms with Gasteiger partial charge in [-0.05, 0) is 51.5 Å². The maximum Gasteiger partial charge on any atom is 0.174 e. The summed E-state index contributed by atoms with van der Waals surface area (Å²) in [6, 6.07) is 7.70. The summed E-state index contributed by atoms with van der Waals surface area (Å²) in [6.45, 7) is 11.4. The zero-order valence-corrected chi connectivity index (χ0v) is 16.1. The first-order chi connectivity index (χ1) is 10.8. The number of hydrogen-bond acceptors (Lipinski definition) is 2. The normalized spacial score (nSPS) is 9.70. The van der Waals surface area contributed by atoms with Crippen LogP contribution in [0.5, 0.6) is 0 Å². The van der Waals surface area contributed by atoms with Gasteiger partial charge in [0.1, 0.15) is 5.78 Å². The molecule has 1 aromatic rings. The quantitative estimate of drug-likeness (QED) is 0.659. The number of Topliss-reactive ketones (excluding diaryl/α,β-unsaturated/α-hetero) is 1. The van der Waals surface area contributed by atoms with E-state index in [1.165, 1.54) is 0 Å². The Morgan fingerprint density at radius 1 is 1.30 bits per heavy atom. The molecule has 1 rings (SSSR count). The Kier molecular flexibility index (Phi) is 9.21. The van der Waals surface area contributed by atoms with Gasteiger partial charge >= 0.3 is 0 Å². The molecule has 0 spiro atoms. The van der Waals surface area contributed by atoms with Gasteiger partial charge in [0.05, 0.1) is 5.54 Å². The summed E-state index contributed by atoms with van der Waals surface area (Å²) >= 11 is 5.46. The van der Waals surface area contributed by atoms with Gasteiger partial charge in [0.25, 0.3) is 0 Å². The zero-order valence-electron chi connectivity index (χ0n) is 15.3. The molecular formula is C19H28N2OS. The van der Waals surface area contributed by atoms with Crippen molar-refractivity contribution in [1.29, 1.82) is 0 Å². The second-order valence-corrected chi connectivity index (χ2v) is 5.85. The van der Waals surface area contributed by atoms with Crippen LogP contribution in [0.3, 0.4) is 0 Å². The minimum Gasteiger partial charge on any atom is -0.336 e. The van der Waals surface area contributed by atoms with Gasteiger partial charge in [0.2, 0.25) is 0 Å². The molecule has 0 aliphatic heterocycles. The monoisotopic (exact) mass is 332 g/mol. The number of carbonyl (C=O) groups excluding carboxylic acids is 1. The number of thiocarbonyl (C=S) groups is 1. The van der Waals surface area contributed by atoms with Crippen molar-refractivity contribution >= 4 is 28.8 Å². The van der Waals surface area contributed by atoms with Crippen LogP contribution in [0.25, 0.3) is 0 Å². The van der Waals surface area contributed by atoms with Crippen molar-refractivity contribution < 1.29 is 4.79 Å². The molecule has 0 saturated carbocycles. The van der Waals surface area contributed by atoms with Crippen LogP contribution in [-0.2, 0) is 11.2 Å². The predicted molar refractivity (Wildman–Crippen MR) is 104 cm³/mol. The van der Waals surface area contributed by atoms with Crippen molar-refractivity contribution in [2.24, 2.45) is 0 Å². The van der Waals surface area contributed by atoms with Crippen molar-refractivity contribution in [2.75, 3.05) is 12.4 Å². The molecule has 0 unspecified atom stereocenters. The van der Waals surface area contributed by atoms with Crippen molar-refractivity contribution in [3.63, 3.8) is 0 Å². The third-order valence-corrected chi connectivity index (χ3v) is 3.65. The second kappa shape index (κ2) is 10.0. The molecule has 4 heteroatoms. The Labute approximate surface area is 146 Å². The largest absolute Gasteiger partial charge is 0.336 e. The van der Waals surface area contributed by atoms with Crippen LogP contribution in [0.2, 0.25) is 0 Å². The Bertz CT molecular complexity index is 597. The second-order valence-electron chi connectivity index (χ2n) is 5.46. The molecule has 0 amide bonds. The summed E-state index contributed by atoms with van der Waals surface area (Å²) in [4.78, 5) is 13.3. The van der Waals surface area contributed by atoms with E-state index in [0.717, 1.165) is 11.3 Å². The number of nitrogens with zero attached hydrogens (tertiary/aromatic N) is 1. The summed E-state index contributed by atoms with van der Waals surface area (Å²) in [5, 5.41) is 3.80. The first-order valence-corrected chi connectivity index (χ1v) is 8.25. The Balaban J connectivity index is 0.00000232. The molecule has 126 valence electrons. The van der Waals surface area contributed by atoms with Gasteiger partial charge in [0.15, 0.2) is 5.11 Å². The van der Waals surface area contributed by atoms with E-state index in [0.29, 0.717) is 11.5 Å². The molecule has 0 atom stereocenters. The number of ketones is 1. The molecular weight excluding hydrogens is 304 g/mol. The van der Waals surface area contributed by atoms with Crippen LogP contribution in [-0.4, -0.2) is 28.4 Å². The Hall–Kier alpha value is -1.86. The van der Waals surface area contributed by atoms with Crippen molar-refractivity contribution in [3.8, 4) is 11.8 Å². The van der Waals surface area contributed by atoms with Gasteiger partial charge < -0.3 is 10.2 Å². The molecule has 0 heterocycles. The molecule has 0 aliphatic rings. The van der Waals surface area contributed by atoms with Gasteiger partial charge in [-0.3, -0.25) is 4.79 Å². The third kappa shape index (κ3) is 6.83. The lowest BCUT2D eigenvalue weighted by molar-refractivity contribution is -0.116. The maximum absolute atomic E-state index is 11.3. The highest BCUT2D eigenvalue weighted by atomic mass is 32.1. The number of para-hydroxylation sites is 1. The average Bonchev–Trinajstić information content (AvgIpc) is 2.50. The number of rotatable bonds is 4. The number of anilines is 1. The Morgan fingerprint density at radius 2 is 1.87 bits per heavy atom. The number of hydrogen-bond donors (Lipinski definition) is 1. The highest BCUT2D eigenvalue weighted by molar-refractivity contribution is 7.80. The lowest BCUT2D eigenvalue weighted by Crippen LogP contribution is -2.46. The average molecular weight is 333 g/mol. The van der Waals surface area contributed by atoms with Crippen LogP contribution in [0.4, 0.5) is 5.69 Å². The minimum absolute atomic E-state index is 0.126. The number of nitrogens with one attached hydrogen (secondary N) is 1. The highest BCUT2D eigenvalue weighted by Crippen LogP contribution is 2.19. The molecule has 3 nitrogen and oxygen atoms in total. The van der Waals surface area contributed by atoms with E-state index in [1.807, 2.05) is 70.8 Å². The van der Waals surface area contributed by atoms with Crippen molar-refractivity contribution in [3.05, 3.63) is 29.8 Å². The molecule has 0 aromatic heterocycles. The fourth-order valence-corrected chi connectivity index (χ4v) is 2.25. The topological polar surface area (TPSA) is 32.3 Å². The van der Waals surface area contributed by atoms with Gasteiger partial charge in [-0.25, -0.2) is 0 Å². The van der Waals surface area contributed by atoms with E-state index in [4.69, 9.17) is 12.2 Å². The molecule has 0 aliphatic carbocycles. The predicted octanol–water partition coefficient (Wildman–Crippen LogP) is 4.27. The van der Waals surface area contributed by atoms with E-state index >= 15 is 0 Å². The lowest BCUT2D eigenvalue weighted by Gasteiger charge is -2.33. The molecule has 1 N–H and O–H groups in total. The highest BCUT2D eigenvalue weighted by Gasteiger charge is 2.23. The van der Waals surface area contributed by atoms with Crippen LogP contribution >= 0.6 is 12.2 Å². The fourth-order valence-electron chi connectivity index (χ4n) is 1.91. The summed E-state index contributed by atoms with van der Waals surface area (Å²) < 4.78 is 0. The van der Waals surface area contributed by atoms with Crippen molar-refractivity contribution in [1.82, 2.24) is 4.90 Å². The summed E-state index contributed by atoms with van der Waals surface area (Å²) in [6.07, 6.45) is 0.396. The molecule has 1 aromatic carbocycles.